The Kier molecular flexibility index (Phi) is 5.73. The van der Waals surface area contributed by atoms with Crippen molar-refractivity contribution in [1.82, 2.24) is 9.47 Å². The van der Waals surface area contributed by atoms with Crippen molar-refractivity contribution in [2.75, 3.05) is 6.54 Å². The number of aromatic nitrogens is 1. The predicted molar refractivity (Wildman–Crippen MR) is 126 cm³/mol. The van der Waals surface area contributed by atoms with Crippen LogP contribution in [0.4, 0.5) is 8.78 Å². The van der Waals surface area contributed by atoms with E-state index in [0.717, 1.165) is 59.1 Å². The molecule has 3 aromatic rings. The molecule has 0 bridgehead atoms. The van der Waals surface area contributed by atoms with E-state index in [2.05, 4.69) is 23.3 Å². The van der Waals surface area contributed by atoms with E-state index < -0.39 is 12.1 Å². The van der Waals surface area contributed by atoms with Crippen LogP contribution in [-0.4, -0.2) is 39.3 Å². The van der Waals surface area contributed by atoms with E-state index >= 15 is 4.39 Å². The fourth-order valence-corrected chi connectivity index (χ4v) is 5.71. The predicted octanol–water partition coefficient (Wildman–Crippen LogP) is 6.37. The van der Waals surface area contributed by atoms with Crippen molar-refractivity contribution in [2.45, 2.75) is 70.8 Å². The quantitative estimate of drug-likeness (QED) is 0.503. The number of hydrogen-bond acceptors (Lipinski definition) is 2. The Morgan fingerprint density at radius 1 is 1.09 bits per heavy atom. The summed E-state index contributed by atoms with van der Waals surface area (Å²) in [5.41, 5.74) is 4.73. The highest BCUT2D eigenvalue weighted by atomic mass is 19.1. The lowest BCUT2D eigenvalue weighted by Crippen LogP contribution is -2.35. The third-order valence-corrected chi connectivity index (χ3v) is 7.44. The van der Waals surface area contributed by atoms with Crippen LogP contribution in [0, 0.1) is 5.82 Å². The lowest BCUT2D eigenvalue weighted by atomic mass is 9.80. The zero-order chi connectivity index (χ0) is 23.3. The van der Waals surface area contributed by atoms with Crippen LogP contribution < -0.4 is 0 Å². The zero-order valence-electron chi connectivity index (χ0n) is 19.2. The van der Waals surface area contributed by atoms with E-state index in [1.807, 2.05) is 12.1 Å². The minimum Gasteiger partial charge on any atom is -0.478 e. The molecule has 1 aliphatic heterocycles. The van der Waals surface area contributed by atoms with E-state index in [-0.39, 0.29) is 23.3 Å². The van der Waals surface area contributed by atoms with Gasteiger partial charge in [-0.3, -0.25) is 4.90 Å². The summed E-state index contributed by atoms with van der Waals surface area (Å²) in [7, 11) is 0. The normalized spacial score (nSPS) is 21.5. The molecule has 0 unspecified atom stereocenters. The largest absolute Gasteiger partial charge is 0.478 e. The number of benzene rings is 2. The number of nitrogens with zero attached hydrogens (tertiary/aromatic N) is 2. The van der Waals surface area contributed by atoms with Crippen molar-refractivity contribution in [2.24, 2.45) is 0 Å². The Morgan fingerprint density at radius 3 is 2.61 bits per heavy atom. The van der Waals surface area contributed by atoms with Crippen molar-refractivity contribution >= 4 is 16.9 Å². The highest BCUT2D eigenvalue weighted by Crippen LogP contribution is 2.46. The summed E-state index contributed by atoms with van der Waals surface area (Å²) in [6.07, 6.45) is 2.24. The fourth-order valence-electron chi connectivity index (χ4n) is 5.71. The van der Waals surface area contributed by atoms with Gasteiger partial charge in [0.2, 0.25) is 0 Å². The minimum atomic E-state index is -0.979. The molecule has 2 heterocycles. The standard InChI is InChI=1S/C27H30F2N2O2/c1-16(2)30-11-12-31-24-14-17(27(32)33)7-9-22(24)25(21-5-3-4-6-23(21)29)26(31)20-10-8-19(28)13-18(20)15-30/h7-10,13-14,16,21,23H,3-6,11-12,15H2,1-2H3,(H,32,33)/t21-,23-/m0/s1. The molecule has 0 amide bonds. The van der Waals surface area contributed by atoms with Crippen molar-refractivity contribution < 1.29 is 18.7 Å². The van der Waals surface area contributed by atoms with Gasteiger partial charge >= 0.3 is 5.97 Å². The summed E-state index contributed by atoms with van der Waals surface area (Å²) in [5.74, 6) is -1.50. The third kappa shape index (κ3) is 3.84. The third-order valence-electron chi connectivity index (χ3n) is 7.44. The van der Waals surface area contributed by atoms with Gasteiger partial charge in [-0.15, -0.1) is 0 Å². The van der Waals surface area contributed by atoms with E-state index in [1.165, 1.54) is 6.07 Å². The maximum Gasteiger partial charge on any atom is 0.335 e. The summed E-state index contributed by atoms with van der Waals surface area (Å²) < 4.78 is 31.8. The van der Waals surface area contributed by atoms with Crippen molar-refractivity contribution in [3.63, 3.8) is 0 Å². The smallest absolute Gasteiger partial charge is 0.335 e. The van der Waals surface area contributed by atoms with Gasteiger partial charge in [-0.2, -0.15) is 0 Å². The molecule has 1 aromatic heterocycles. The molecule has 1 aliphatic carbocycles. The SMILES string of the molecule is CC(C)N1CCn2c(c([C@H]3CCCC[C@@H]3F)c3ccc(C(=O)O)cc32)-c2ccc(F)cc2C1. The molecule has 2 atom stereocenters. The van der Waals surface area contributed by atoms with Gasteiger partial charge in [-0.25, -0.2) is 13.6 Å². The maximum atomic E-state index is 15.3. The Morgan fingerprint density at radius 2 is 1.88 bits per heavy atom. The first kappa shape index (κ1) is 22.1. The van der Waals surface area contributed by atoms with Crippen LogP contribution >= 0.6 is 0 Å². The Balaban J connectivity index is 1.84. The van der Waals surface area contributed by atoms with Gasteiger partial charge in [0.1, 0.15) is 12.0 Å². The summed E-state index contributed by atoms with van der Waals surface area (Å²) >= 11 is 0. The summed E-state index contributed by atoms with van der Waals surface area (Å²) in [6, 6.07) is 10.3. The molecule has 1 saturated carbocycles. The average molecular weight is 453 g/mol. The molecule has 6 heteroatoms. The van der Waals surface area contributed by atoms with E-state index in [1.54, 1.807) is 18.2 Å². The minimum absolute atomic E-state index is 0.219. The highest BCUT2D eigenvalue weighted by molar-refractivity contribution is 5.98. The molecule has 33 heavy (non-hydrogen) atoms. The van der Waals surface area contributed by atoms with Crippen molar-refractivity contribution in [3.8, 4) is 11.3 Å². The van der Waals surface area contributed by atoms with E-state index in [9.17, 15) is 14.3 Å². The second-order valence-corrected chi connectivity index (χ2v) is 9.72. The van der Waals surface area contributed by atoms with Gasteiger partial charge in [0.05, 0.1) is 11.3 Å². The Hall–Kier alpha value is -2.73. The van der Waals surface area contributed by atoms with Crippen LogP contribution in [0.5, 0.6) is 0 Å². The maximum absolute atomic E-state index is 15.3. The number of carbonyl (C=O) groups is 1. The molecule has 5 rings (SSSR count). The Bertz CT molecular complexity index is 1220. The molecule has 1 fully saturated rings. The summed E-state index contributed by atoms with van der Waals surface area (Å²) in [6.45, 7) is 6.27. The van der Waals surface area contributed by atoms with Gasteiger partial charge in [-0.1, -0.05) is 18.9 Å². The molecule has 2 aliphatic rings. The summed E-state index contributed by atoms with van der Waals surface area (Å²) in [5, 5.41) is 10.5. The molecule has 0 saturated heterocycles. The second-order valence-electron chi connectivity index (χ2n) is 9.72. The van der Waals surface area contributed by atoms with Crippen LogP contribution in [0.2, 0.25) is 0 Å². The lowest BCUT2D eigenvalue weighted by Gasteiger charge is -2.32. The number of halogens is 2. The van der Waals surface area contributed by atoms with E-state index in [4.69, 9.17) is 0 Å². The van der Waals surface area contributed by atoms with Gasteiger partial charge in [0.25, 0.3) is 0 Å². The monoisotopic (exact) mass is 452 g/mol. The van der Waals surface area contributed by atoms with Gasteiger partial charge in [-0.05, 0) is 68.1 Å². The average Bonchev–Trinajstić information content (AvgIpc) is 3.08. The number of carboxylic acids is 1. The molecule has 0 spiro atoms. The molecular formula is C27H30F2N2O2. The number of aromatic carboxylic acids is 1. The zero-order valence-corrected chi connectivity index (χ0v) is 19.2. The highest BCUT2D eigenvalue weighted by Gasteiger charge is 2.34. The van der Waals surface area contributed by atoms with Crippen LogP contribution in [-0.2, 0) is 13.1 Å². The number of fused-ring (bicyclic) bond motifs is 5. The first-order valence-corrected chi connectivity index (χ1v) is 11.9. The van der Waals surface area contributed by atoms with Gasteiger partial charge in [0, 0.05) is 48.1 Å². The molecule has 1 N–H and O–H groups in total. The number of carboxylic acid groups (broad SMARTS) is 1. The van der Waals surface area contributed by atoms with Crippen LogP contribution in [0.15, 0.2) is 36.4 Å². The Labute approximate surface area is 192 Å². The van der Waals surface area contributed by atoms with Crippen LogP contribution in [0.1, 0.15) is 66.9 Å². The fraction of sp³-hybridized carbons (Fsp3) is 0.444. The molecule has 2 aromatic carbocycles. The van der Waals surface area contributed by atoms with Gasteiger partial charge < -0.3 is 9.67 Å². The first-order valence-electron chi connectivity index (χ1n) is 11.9. The molecular weight excluding hydrogens is 422 g/mol. The first-order chi connectivity index (χ1) is 15.8. The molecule has 0 radical (unpaired) electrons. The summed E-state index contributed by atoms with van der Waals surface area (Å²) in [4.78, 5) is 14.1. The van der Waals surface area contributed by atoms with Crippen molar-refractivity contribution in [1.29, 1.82) is 0 Å². The second kappa shape index (κ2) is 8.56. The van der Waals surface area contributed by atoms with Crippen LogP contribution in [0.25, 0.3) is 22.2 Å². The topological polar surface area (TPSA) is 45.5 Å². The lowest BCUT2D eigenvalue weighted by molar-refractivity contribution is 0.0697. The molecule has 174 valence electrons. The van der Waals surface area contributed by atoms with Gasteiger partial charge in [0.15, 0.2) is 0 Å². The van der Waals surface area contributed by atoms with Crippen molar-refractivity contribution in [3.05, 3.63) is 58.9 Å². The number of rotatable bonds is 3. The molecule has 4 nitrogen and oxygen atoms in total. The van der Waals surface area contributed by atoms with Crippen LogP contribution in [0.3, 0.4) is 0 Å². The van der Waals surface area contributed by atoms with E-state index in [0.29, 0.717) is 19.5 Å². The number of alkyl halides is 1. The number of hydrogen-bond donors (Lipinski definition) is 1.